The van der Waals surface area contributed by atoms with Gasteiger partial charge in [-0.3, -0.25) is 105 Å². The number of nitrogens with one attached hydrogen (secondary N) is 11. The molecule has 49 nitrogen and oxygen atoms in total. The van der Waals surface area contributed by atoms with Crippen LogP contribution in [0.1, 0.15) is 182 Å². The minimum atomic E-state index is -2.21. The van der Waals surface area contributed by atoms with Crippen molar-refractivity contribution < 1.29 is 151 Å². The van der Waals surface area contributed by atoms with Gasteiger partial charge in [0, 0.05) is 51.7 Å². The standard InChI is InChI=1S/C73H114N18O31/c1-5-34(3)57(87-59(107)36(75)30-55(103)104)71(119)90-28-10-14-47(90)67(115)80-39(18-23-52(97)98)60(108)78-37(16-21-49(76)93)61(109)82-41(20-25-54(101)102)70(118)89-27-9-13-46(89)69(117)85-43(31-50(77)94)65(113)88-58(35(4)6-2)72(120)91-29-11-15-48(91)68(116)81-40(19-24-53(99)100)63(111)84-44(32-56(105)106)64(112)86-45(33-92)66(114)79-38(17-22-51(95)96)62(110)83-42(73(121)122)12-7-8-26-74/h34-48,57-58,92H,5-33,74-75H2,1-4H3,(H2,76,93)(H2,77,94)(H,78,108)(H,79,114)(H,80,115)(H,81,116)(H,82,109)(H,83,110)(H,84,111)(H,85,117)(H,86,112)(H,87,107)(H,88,113)(H,95,96)(H,97,98)(H,99,100)(H,101,102)(H,103,104)(H,105,106)(H,121,122)/t34-,35-,36-,37-,38-,39-,40-,41-,42-,43-,44-,45-,46-,47-,48-,57-,58-/m0/s1. The van der Waals surface area contributed by atoms with Crippen molar-refractivity contribution >= 4 is 136 Å². The van der Waals surface area contributed by atoms with Crippen molar-refractivity contribution in [2.75, 3.05) is 32.8 Å². The Morgan fingerprint density at radius 2 is 0.656 bits per heavy atom. The Kier molecular flexibility index (Phi) is 43.7. The molecule has 16 amide bonds. The molecule has 0 saturated carbocycles. The average molecular weight is 1740 g/mol. The number of nitrogens with two attached hydrogens (primary N) is 4. The van der Waals surface area contributed by atoms with E-state index in [1.165, 1.54) is 6.92 Å². The molecule has 3 aliphatic rings. The number of aliphatic carboxylic acids is 7. The number of unbranched alkanes of at least 4 members (excludes halogenated alkanes) is 1. The lowest BCUT2D eigenvalue weighted by atomic mass is 9.96. The van der Waals surface area contributed by atoms with E-state index in [1.54, 1.807) is 20.8 Å². The zero-order valence-corrected chi connectivity index (χ0v) is 67.9. The second-order valence-corrected chi connectivity index (χ2v) is 29.9. The van der Waals surface area contributed by atoms with Gasteiger partial charge in [0.05, 0.1) is 31.9 Å². The number of carboxylic acids is 7. The Morgan fingerprint density at radius 1 is 0.344 bits per heavy atom. The number of likely N-dealkylation sites (tertiary alicyclic amines) is 3. The number of hydrogen-bond donors (Lipinski definition) is 23. The van der Waals surface area contributed by atoms with Crippen LogP contribution in [0, 0.1) is 11.8 Å². The van der Waals surface area contributed by atoms with Crippen molar-refractivity contribution in [3.63, 3.8) is 0 Å². The second-order valence-electron chi connectivity index (χ2n) is 29.9. The summed E-state index contributed by atoms with van der Waals surface area (Å²) in [7, 11) is 0. The third kappa shape index (κ3) is 34.1. The summed E-state index contributed by atoms with van der Waals surface area (Å²) in [6, 6.07) is -26.2. The number of carbonyl (C=O) groups excluding carboxylic acids is 16. The van der Waals surface area contributed by atoms with Gasteiger partial charge in [-0.1, -0.05) is 40.5 Å². The van der Waals surface area contributed by atoms with Gasteiger partial charge in [0.1, 0.15) is 84.6 Å². The summed E-state index contributed by atoms with van der Waals surface area (Å²) in [5.41, 5.74) is 22.2. The van der Waals surface area contributed by atoms with E-state index in [0.717, 1.165) is 14.7 Å². The molecular formula is C73H114N18O31. The first-order valence-electron chi connectivity index (χ1n) is 39.7. The highest BCUT2D eigenvalue weighted by Gasteiger charge is 2.46. The van der Waals surface area contributed by atoms with Crippen LogP contribution in [0.2, 0.25) is 0 Å². The van der Waals surface area contributed by atoms with Crippen molar-refractivity contribution in [3.8, 4) is 0 Å². The molecule has 3 fully saturated rings. The van der Waals surface area contributed by atoms with Gasteiger partial charge in [0.2, 0.25) is 94.5 Å². The molecule has 3 heterocycles. The quantitative estimate of drug-likeness (QED) is 0.0252. The average Bonchev–Trinajstić information content (AvgIpc) is 1.60. The minimum absolute atomic E-state index is 0.0169. The topological polar surface area (TPSA) is 801 Å². The first-order chi connectivity index (χ1) is 57.3. The third-order valence-corrected chi connectivity index (χ3v) is 20.6. The van der Waals surface area contributed by atoms with Gasteiger partial charge >= 0.3 is 41.8 Å². The molecule has 0 radical (unpaired) electrons. The van der Waals surface area contributed by atoms with Crippen LogP contribution in [0.4, 0.5) is 0 Å². The summed E-state index contributed by atoms with van der Waals surface area (Å²) in [5.74, 6) is -30.8. The number of carboxylic acid groups (broad SMARTS) is 7. The molecule has 3 rings (SSSR count). The van der Waals surface area contributed by atoms with Crippen molar-refractivity contribution in [2.24, 2.45) is 34.8 Å². The third-order valence-electron chi connectivity index (χ3n) is 20.6. The fraction of sp³-hybridized carbons (Fsp3) is 0.685. The highest BCUT2D eigenvalue weighted by Crippen LogP contribution is 2.26. The summed E-state index contributed by atoms with van der Waals surface area (Å²) in [4.78, 5) is 308. The molecule has 0 spiro atoms. The maximum absolute atomic E-state index is 14.8. The number of amides is 16. The molecular weight excluding hydrogens is 1620 g/mol. The maximum atomic E-state index is 14.8. The Labute approximate surface area is 698 Å². The predicted molar refractivity (Wildman–Crippen MR) is 414 cm³/mol. The molecule has 0 aromatic carbocycles. The van der Waals surface area contributed by atoms with Gasteiger partial charge in [0.15, 0.2) is 0 Å². The summed E-state index contributed by atoms with van der Waals surface area (Å²) in [5, 5.41) is 102. The molecule has 0 bridgehead atoms. The van der Waals surface area contributed by atoms with Crippen LogP contribution >= 0.6 is 0 Å². The van der Waals surface area contributed by atoms with Crippen LogP contribution in [0.3, 0.4) is 0 Å². The molecule has 122 heavy (non-hydrogen) atoms. The van der Waals surface area contributed by atoms with Crippen LogP contribution in [0.15, 0.2) is 0 Å². The first kappa shape index (κ1) is 104. The van der Waals surface area contributed by atoms with Crippen LogP contribution in [0.5, 0.6) is 0 Å². The van der Waals surface area contributed by atoms with E-state index in [0.29, 0.717) is 12.8 Å². The largest absolute Gasteiger partial charge is 0.481 e. The molecule has 3 aliphatic heterocycles. The molecule has 17 atom stereocenters. The van der Waals surface area contributed by atoms with E-state index in [1.807, 2.05) is 5.32 Å². The lowest BCUT2D eigenvalue weighted by Gasteiger charge is -2.33. The molecule has 0 unspecified atom stereocenters. The SMILES string of the molecule is CC[C@H](C)[C@H](NC(=O)[C@H](CC(N)=O)NC(=O)[C@@H]1CCCN1C(=O)[C@H](CCC(=O)O)NC(=O)[C@H](CCC(N)=O)NC(=O)[C@H](CCC(=O)O)NC(=O)[C@@H]1CCCN1C(=O)[C@@H](NC(=O)[C@@H](N)CC(=O)O)[C@@H](C)CC)C(=O)N1CCC[C@H]1C(=O)N[C@@H](CCC(=O)O)C(=O)N[C@@H](CC(=O)O)C(=O)N[C@@H](CO)C(=O)N[C@@H](CCC(=O)O)C(=O)N[C@@H](CCCCN)C(=O)O. The monoisotopic (exact) mass is 1740 g/mol. The zero-order valence-electron chi connectivity index (χ0n) is 67.9. The zero-order chi connectivity index (χ0) is 92.1. The van der Waals surface area contributed by atoms with Gasteiger partial charge in [-0.05, 0) is 108 Å². The van der Waals surface area contributed by atoms with E-state index in [9.17, 15) is 151 Å². The molecule has 0 aromatic heterocycles. The highest BCUT2D eigenvalue weighted by atomic mass is 16.4. The Balaban J connectivity index is 1.91. The summed E-state index contributed by atoms with van der Waals surface area (Å²) in [6.45, 7) is 4.68. The Morgan fingerprint density at radius 3 is 1.02 bits per heavy atom. The van der Waals surface area contributed by atoms with Gasteiger partial charge in [-0.2, -0.15) is 0 Å². The van der Waals surface area contributed by atoms with E-state index >= 15 is 0 Å². The number of carbonyl (C=O) groups is 23. The number of rotatable bonds is 56. The number of hydrogen-bond acceptors (Lipinski definition) is 26. The lowest BCUT2D eigenvalue weighted by molar-refractivity contribution is -0.145. The van der Waals surface area contributed by atoms with E-state index < -0.39 is 329 Å². The molecule has 49 heteroatoms. The van der Waals surface area contributed by atoms with E-state index in [-0.39, 0.29) is 84.0 Å². The van der Waals surface area contributed by atoms with Gasteiger partial charge in [-0.15, -0.1) is 0 Å². The normalized spacial score (nSPS) is 18.3. The number of nitrogens with zero attached hydrogens (tertiary/aromatic N) is 3. The van der Waals surface area contributed by atoms with Crippen molar-refractivity contribution in [2.45, 2.75) is 272 Å². The lowest BCUT2D eigenvalue weighted by Crippen LogP contribution is -2.61. The van der Waals surface area contributed by atoms with E-state index in [2.05, 4.69) is 53.2 Å². The van der Waals surface area contributed by atoms with Crippen molar-refractivity contribution in [3.05, 3.63) is 0 Å². The molecule has 27 N–H and O–H groups in total. The van der Waals surface area contributed by atoms with Crippen molar-refractivity contribution in [1.82, 2.24) is 73.2 Å². The first-order valence-corrected chi connectivity index (χ1v) is 39.7. The minimum Gasteiger partial charge on any atom is -0.481 e. The number of aliphatic hydroxyl groups is 1. The van der Waals surface area contributed by atoms with Gasteiger partial charge in [0.25, 0.3) is 0 Å². The van der Waals surface area contributed by atoms with E-state index in [4.69, 9.17) is 22.9 Å². The van der Waals surface area contributed by atoms with Crippen LogP contribution < -0.4 is 81.4 Å². The van der Waals surface area contributed by atoms with Crippen molar-refractivity contribution in [1.29, 1.82) is 0 Å². The van der Waals surface area contributed by atoms with Crippen LogP contribution in [0.25, 0.3) is 0 Å². The smallest absolute Gasteiger partial charge is 0.326 e. The number of aliphatic hydroxyl groups excluding tert-OH is 1. The Hall–Kier alpha value is -12.3. The van der Waals surface area contributed by atoms with Gasteiger partial charge in [-0.25, -0.2) is 4.79 Å². The number of primary amides is 2. The molecule has 0 aliphatic carbocycles. The molecule has 3 saturated heterocycles. The van der Waals surface area contributed by atoms with Crippen LogP contribution in [-0.4, -0.2) is 315 Å². The predicted octanol–water partition coefficient (Wildman–Crippen LogP) is -8.53. The second kappa shape index (κ2) is 51.3. The summed E-state index contributed by atoms with van der Waals surface area (Å²) in [6.07, 6.45) is -9.65. The fourth-order valence-electron chi connectivity index (χ4n) is 13.5. The Bertz CT molecular complexity index is 3830. The highest BCUT2D eigenvalue weighted by molar-refractivity contribution is 6.02. The van der Waals surface area contributed by atoms with Crippen LogP contribution in [-0.2, 0) is 110 Å². The molecule has 682 valence electrons. The van der Waals surface area contributed by atoms with Gasteiger partial charge < -0.3 is 137 Å². The maximum Gasteiger partial charge on any atom is 0.326 e. The molecule has 0 aromatic rings. The summed E-state index contributed by atoms with van der Waals surface area (Å²) >= 11 is 0. The summed E-state index contributed by atoms with van der Waals surface area (Å²) < 4.78 is 0. The fourth-order valence-corrected chi connectivity index (χ4v) is 13.5.